The van der Waals surface area contributed by atoms with E-state index in [0.29, 0.717) is 16.7 Å². The fourth-order valence-corrected chi connectivity index (χ4v) is 4.17. The summed E-state index contributed by atoms with van der Waals surface area (Å²) >= 11 is 14.1. The summed E-state index contributed by atoms with van der Waals surface area (Å²) in [5.41, 5.74) is 1.20. The third kappa shape index (κ3) is 4.94. The Balaban J connectivity index is 1.86. The van der Waals surface area contributed by atoms with Crippen molar-refractivity contribution in [1.82, 2.24) is 9.55 Å². The molecular formula is C19H18Cl2N2OS. The maximum atomic E-state index is 6.36. The molecule has 0 amide bonds. The summed E-state index contributed by atoms with van der Waals surface area (Å²) in [6.07, 6.45) is 5.58. The average molecular weight is 393 g/mol. The SMILES string of the molecule is CCOc1ccc(C(Cn2ccnc2)Sc2ccc(Cl)cc2Cl)cc1. The third-order valence-corrected chi connectivity index (χ3v) is 5.64. The molecule has 0 saturated carbocycles. The molecule has 0 spiro atoms. The maximum absolute atomic E-state index is 6.36. The van der Waals surface area contributed by atoms with Gasteiger partial charge in [-0.3, -0.25) is 0 Å². The zero-order valence-corrected chi connectivity index (χ0v) is 16.1. The molecule has 3 rings (SSSR count). The van der Waals surface area contributed by atoms with E-state index in [1.807, 2.05) is 43.7 Å². The molecule has 0 aliphatic rings. The van der Waals surface area contributed by atoms with Crippen molar-refractivity contribution in [2.75, 3.05) is 6.61 Å². The Morgan fingerprint density at radius 1 is 1.16 bits per heavy atom. The monoisotopic (exact) mass is 392 g/mol. The first kappa shape index (κ1) is 18.2. The first-order chi connectivity index (χ1) is 12.2. The smallest absolute Gasteiger partial charge is 0.119 e. The van der Waals surface area contributed by atoms with E-state index in [1.165, 1.54) is 5.56 Å². The minimum atomic E-state index is 0.184. The Labute approximate surface area is 161 Å². The van der Waals surface area contributed by atoms with Crippen molar-refractivity contribution in [3.05, 3.63) is 76.8 Å². The Hall–Kier alpha value is -1.62. The Morgan fingerprint density at radius 3 is 2.60 bits per heavy atom. The number of ether oxygens (including phenoxy) is 1. The lowest BCUT2D eigenvalue weighted by molar-refractivity contribution is 0.340. The van der Waals surface area contributed by atoms with Gasteiger partial charge in [0.15, 0.2) is 0 Å². The molecule has 1 unspecified atom stereocenters. The van der Waals surface area contributed by atoms with Gasteiger partial charge < -0.3 is 9.30 Å². The lowest BCUT2D eigenvalue weighted by atomic mass is 10.1. The Morgan fingerprint density at radius 2 is 1.96 bits per heavy atom. The number of hydrogen-bond acceptors (Lipinski definition) is 3. The predicted molar refractivity (Wildman–Crippen MR) is 105 cm³/mol. The molecule has 1 atom stereocenters. The highest BCUT2D eigenvalue weighted by Gasteiger charge is 2.16. The van der Waals surface area contributed by atoms with Crippen LogP contribution in [-0.4, -0.2) is 16.2 Å². The number of thioether (sulfide) groups is 1. The molecule has 0 aliphatic carbocycles. The van der Waals surface area contributed by atoms with Crippen molar-refractivity contribution in [3.8, 4) is 5.75 Å². The van der Waals surface area contributed by atoms with Gasteiger partial charge >= 0.3 is 0 Å². The van der Waals surface area contributed by atoms with Crippen molar-refractivity contribution in [2.24, 2.45) is 0 Å². The number of imidazole rings is 1. The van der Waals surface area contributed by atoms with Gasteiger partial charge in [-0.25, -0.2) is 4.98 Å². The van der Waals surface area contributed by atoms with E-state index in [1.54, 1.807) is 24.0 Å². The maximum Gasteiger partial charge on any atom is 0.119 e. The minimum absolute atomic E-state index is 0.184. The number of hydrogen-bond donors (Lipinski definition) is 0. The lowest BCUT2D eigenvalue weighted by Gasteiger charge is -2.19. The molecule has 0 saturated heterocycles. The summed E-state index contributed by atoms with van der Waals surface area (Å²) in [5, 5.41) is 1.49. The van der Waals surface area contributed by atoms with Crippen LogP contribution in [-0.2, 0) is 6.54 Å². The molecule has 25 heavy (non-hydrogen) atoms. The van der Waals surface area contributed by atoms with Gasteiger partial charge in [0.05, 0.1) is 23.2 Å². The van der Waals surface area contributed by atoms with E-state index in [2.05, 4.69) is 21.7 Å². The molecule has 1 heterocycles. The molecule has 0 bridgehead atoms. The Kier molecular flexibility index (Phi) is 6.29. The van der Waals surface area contributed by atoms with Crippen molar-refractivity contribution < 1.29 is 4.74 Å². The van der Waals surface area contributed by atoms with Gasteiger partial charge in [-0.05, 0) is 42.8 Å². The van der Waals surface area contributed by atoms with E-state index in [-0.39, 0.29) is 5.25 Å². The van der Waals surface area contributed by atoms with E-state index in [4.69, 9.17) is 27.9 Å². The zero-order valence-electron chi connectivity index (χ0n) is 13.7. The molecular weight excluding hydrogens is 375 g/mol. The van der Waals surface area contributed by atoms with Crippen LogP contribution in [0.5, 0.6) is 5.75 Å². The van der Waals surface area contributed by atoms with Crippen LogP contribution in [0.25, 0.3) is 0 Å². The third-order valence-electron chi connectivity index (χ3n) is 3.66. The minimum Gasteiger partial charge on any atom is -0.494 e. The first-order valence-corrected chi connectivity index (χ1v) is 9.59. The quantitative estimate of drug-likeness (QED) is 0.453. The lowest BCUT2D eigenvalue weighted by Crippen LogP contribution is -2.05. The number of aromatic nitrogens is 2. The molecule has 0 radical (unpaired) electrons. The molecule has 3 nitrogen and oxygen atoms in total. The number of rotatable bonds is 7. The molecule has 0 aliphatic heterocycles. The van der Waals surface area contributed by atoms with Crippen LogP contribution in [0, 0.1) is 0 Å². The highest BCUT2D eigenvalue weighted by Crippen LogP contribution is 2.41. The second-order valence-corrected chi connectivity index (χ2v) is 7.53. The van der Waals surface area contributed by atoms with Crippen LogP contribution in [0.1, 0.15) is 17.7 Å². The molecule has 130 valence electrons. The summed E-state index contributed by atoms with van der Waals surface area (Å²) in [6, 6.07) is 13.8. The van der Waals surface area contributed by atoms with Crippen molar-refractivity contribution >= 4 is 35.0 Å². The van der Waals surface area contributed by atoms with Gasteiger partial charge in [-0.2, -0.15) is 0 Å². The first-order valence-electron chi connectivity index (χ1n) is 7.96. The van der Waals surface area contributed by atoms with E-state index >= 15 is 0 Å². The fraction of sp³-hybridized carbons (Fsp3) is 0.211. The van der Waals surface area contributed by atoms with Crippen LogP contribution in [0.2, 0.25) is 10.0 Å². The fourth-order valence-electron chi connectivity index (χ4n) is 2.47. The van der Waals surface area contributed by atoms with E-state index < -0.39 is 0 Å². The average Bonchev–Trinajstić information content (AvgIpc) is 3.11. The normalized spacial score (nSPS) is 12.1. The van der Waals surface area contributed by atoms with Gasteiger partial charge in [0.25, 0.3) is 0 Å². The van der Waals surface area contributed by atoms with Gasteiger partial charge in [-0.1, -0.05) is 35.3 Å². The largest absolute Gasteiger partial charge is 0.494 e. The zero-order chi connectivity index (χ0) is 17.6. The number of halogens is 2. The van der Waals surface area contributed by atoms with Gasteiger partial charge in [0.2, 0.25) is 0 Å². The summed E-state index contributed by atoms with van der Waals surface area (Å²) < 4.78 is 7.61. The van der Waals surface area contributed by atoms with Gasteiger partial charge in [0, 0.05) is 28.9 Å². The van der Waals surface area contributed by atoms with Crippen molar-refractivity contribution in [1.29, 1.82) is 0 Å². The summed E-state index contributed by atoms with van der Waals surface area (Å²) in [5.74, 6) is 0.877. The number of benzene rings is 2. The van der Waals surface area contributed by atoms with E-state index in [9.17, 15) is 0 Å². The van der Waals surface area contributed by atoms with Crippen molar-refractivity contribution in [2.45, 2.75) is 23.6 Å². The van der Waals surface area contributed by atoms with E-state index in [0.717, 1.165) is 17.2 Å². The van der Waals surface area contributed by atoms with Crippen molar-refractivity contribution in [3.63, 3.8) is 0 Å². The van der Waals surface area contributed by atoms with Crippen LogP contribution in [0.4, 0.5) is 0 Å². The number of nitrogens with zero attached hydrogens (tertiary/aromatic N) is 2. The van der Waals surface area contributed by atoms with Crippen LogP contribution in [0.3, 0.4) is 0 Å². The second-order valence-electron chi connectivity index (χ2n) is 5.44. The van der Waals surface area contributed by atoms with Gasteiger partial charge in [-0.15, -0.1) is 11.8 Å². The highest BCUT2D eigenvalue weighted by molar-refractivity contribution is 7.99. The standard InChI is InChI=1S/C19H18Cl2N2OS/c1-2-24-16-6-3-14(4-7-16)19(12-23-10-9-22-13-23)25-18-8-5-15(20)11-17(18)21/h3-11,13,19H,2,12H2,1H3. The van der Waals surface area contributed by atoms with Crippen LogP contribution < -0.4 is 4.74 Å². The summed E-state index contributed by atoms with van der Waals surface area (Å²) in [7, 11) is 0. The van der Waals surface area contributed by atoms with Crippen LogP contribution in [0.15, 0.2) is 66.1 Å². The summed E-state index contributed by atoms with van der Waals surface area (Å²) in [6.45, 7) is 3.43. The predicted octanol–water partition coefficient (Wildman–Crippen LogP) is 6.12. The summed E-state index contributed by atoms with van der Waals surface area (Å²) in [4.78, 5) is 5.14. The molecule has 0 fully saturated rings. The molecule has 3 aromatic rings. The Bertz CT molecular complexity index is 807. The van der Waals surface area contributed by atoms with Crippen LogP contribution >= 0.6 is 35.0 Å². The molecule has 1 aromatic heterocycles. The molecule has 6 heteroatoms. The molecule has 0 N–H and O–H groups in total. The van der Waals surface area contributed by atoms with Gasteiger partial charge in [0.1, 0.15) is 5.75 Å². The second kappa shape index (κ2) is 8.65. The highest BCUT2D eigenvalue weighted by atomic mass is 35.5. The topological polar surface area (TPSA) is 27.1 Å². The molecule has 2 aromatic carbocycles.